The van der Waals surface area contributed by atoms with Gasteiger partial charge in [0.15, 0.2) is 0 Å². The molecule has 2 heterocycles. The van der Waals surface area contributed by atoms with E-state index < -0.39 is 5.82 Å². The Hall–Kier alpha value is -2.25. The van der Waals surface area contributed by atoms with E-state index in [9.17, 15) is 9.18 Å². The monoisotopic (exact) mass is 445 g/mol. The Balaban J connectivity index is 1.45. The van der Waals surface area contributed by atoms with Gasteiger partial charge in [-0.1, -0.05) is 24.6 Å². The van der Waals surface area contributed by atoms with Gasteiger partial charge in [-0.25, -0.2) is 14.4 Å². The molecule has 31 heavy (non-hydrogen) atoms. The van der Waals surface area contributed by atoms with Crippen molar-refractivity contribution in [3.05, 3.63) is 52.2 Å². The van der Waals surface area contributed by atoms with Gasteiger partial charge >= 0.3 is 0 Å². The Labute approximate surface area is 187 Å². The van der Waals surface area contributed by atoms with E-state index >= 15 is 0 Å². The SMILES string of the molecule is CC1CCc2ncnc(N3CCN(C(=O)C(CN)Cc4ccc(Cl)c(F)c4)CC3C)c21. The summed E-state index contributed by atoms with van der Waals surface area (Å²) in [6.07, 6.45) is 4.17. The molecule has 3 unspecified atom stereocenters. The van der Waals surface area contributed by atoms with Crippen molar-refractivity contribution >= 4 is 23.3 Å². The third-order valence-corrected chi connectivity index (χ3v) is 6.87. The Kier molecular flexibility index (Phi) is 6.44. The molecule has 0 spiro atoms. The number of nitrogens with zero attached hydrogens (tertiary/aromatic N) is 4. The fourth-order valence-electron chi connectivity index (χ4n) is 4.81. The summed E-state index contributed by atoms with van der Waals surface area (Å²) in [4.78, 5) is 26.5. The topological polar surface area (TPSA) is 75.4 Å². The second-order valence-electron chi connectivity index (χ2n) is 8.71. The van der Waals surface area contributed by atoms with Crippen molar-refractivity contribution in [2.75, 3.05) is 31.1 Å². The Morgan fingerprint density at radius 1 is 1.32 bits per heavy atom. The van der Waals surface area contributed by atoms with Gasteiger partial charge in [-0.2, -0.15) is 0 Å². The summed E-state index contributed by atoms with van der Waals surface area (Å²) in [5.41, 5.74) is 9.07. The second-order valence-corrected chi connectivity index (χ2v) is 9.12. The maximum atomic E-state index is 13.8. The molecule has 0 radical (unpaired) electrons. The van der Waals surface area contributed by atoms with E-state index in [1.165, 1.54) is 17.7 Å². The Bertz CT molecular complexity index is 971. The van der Waals surface area contributed by atoms with Crippen LogP contribution in [0.15, 0.2) is 24.5 Å². The molecule has 6 nitrogen and oxygen atoms in total. The number of anilines is 1. The van der Waals surface area contributed by atoms with Gasteiger partial charge in [-0.15, -0.1) is 0 Å². The molecule has 1 saturated heterocycles. The van der Waals surface area contributed by atoms with Crippen LogP contribution in [-0.4, -0.2) is 53.0 Å². The van der Waals surface area contributed by atoms with Gasteiger partial charge in [0.25, 0.3) is 0 Å². The zero-order valence-electron chi connectivity index (χ0n) is 18.0. The fraction of sp³-hybridized carbons (Fsp3) is 0.522. The van der Waals surface area contributed by atoms with Crippen LogP contribution in [0.3, 0.4) is 0 Å². The van der Waals surface area contributed by atoms with Crippen LogP contribution in [0.1, 0.15) is 43.0 Å². The van der Waals surface area contributed by atoms with Crippen LogP contribution in [0, 0.1) is 11.7 Å². The third kappa shape index (κ3) is 4.39. The van der Waals surface area contributed by atoms with Gasteiger partial charge < -0.3 is 15.5 Å². The predicted octanol–water partition coefficient (Wildman–Crippen LogP) is 3.17. The number of hydrogen-bond acceptors (Lipinski definition) is 5. The molecule has 8 heteroatoms. The quantitative estimate of drug-likeness (QED) is 0.765. The highest BCUT2D eigenvalue weighted by atomic mass is 35.5. The minimum Gasteiger partial charge on any atom is -0.350 e. The zero-order valence-corrected chi connectivity index (χ0v) is 18.8. The largest absolute Gasteiger partial charge is 0.350 e. The van der Waals surface area contributed by atoms with E-state index in [0.29, 0.717) is 25.4 Å². The molecule has 2 aromatic rings. The van der Waals surface area contributed by atoms with Gasteiger partial charge in [0.1, 0.15) is 18.0 Å². The normalized spacial score (nSPS) is 21.8. The van der Waals surface area contributed by atoms with Crippen molar-refractivity contribution in [3.8, 4) is 0 Å². The summed E-state index contributed by atoms with van der Waals surface area (Å²) in [7, 11) is 0. The number of aryl methyl sites for hydroxylation is 1. The number of benzene rings is 1. The summed E-state index contributed by atoms with van der Waals surface area (Å²) < 4.78 is 13.8. The molecule has 1 aliphatic heterocycles. The van der Waals surface area contributed by atoms with E-state index in [1.807, 2.05) is 4.90 Å². The lowest BCUT2D eigenvalue weighted by Gasteiger charge is -2.42. The maximum absolute atomic E-state index is 13.8. The van der Waals surface area contributed by atoms with E-state index in [4.69, 9.17) is 17.3 Å². The number of piperazine rings is 1. The molecule has 1 aromatic carbocycles. The highest BCUT2D eigenvalue weighted by Gasteiger charge is 2.34. The minimum atomic E-state index is -0.476. The number of nitrogens with two attached hydrogens (primary N) is 1. The Morgan fingerprint density at radius 2 is 2.13 bits per heavy atom. The Morgan fingerprint density at radius 3 is 2.84 bits per heavy atom. The average Bonchev–Trinajstić information content (AvgIpc) is 3.15. The van der Waals surface area contributed by atoms with E-state index in [1.54, 1.807) is 12.4 Å². The highest BCUT2D eigenvalue weighted by Crippen LogP contribution is 2.38. The van der Waals surface area contributed by atoms with Gasteiger partial charge in [0.05, 0.1) is 10.9 Å². The molecule has 4 rings (SSSR count). The standard InChI is InChI=1S/C23H29ClFN5O/c1-14-3-6-20-21(14)22(28-13-27-20)30-8-7-29(12-15(30)2)23(31)17(11-26)9-16-4-5-18(24)19(25)10-16/h4-5,10,13-15,17H,3,6-9,11-12,26H2,1-2H3. The highest BCUT2D eigenvalue weighted by molar-refractivity contribution is 6.30. The summed E-state index contributed by atoms with van der Waals surface area (Å²) in [5, 5.41) is 0.0786. The van der Waals surface area contributed by atoms with Crippen LogP contribution >= 0.6 is 11.6 Å². The fourth-order valence-corrected chi connectivity index (χ4v) is 4.92. The number of carbonyl (C=O) groups excluding carboxylic acids is 1. The van der Waals surface area contributed by atoms with E-state index in [2.05, 4.69) is 28.7 Å². The zero-order chi connectivity index (χ0) is 22.1. The lowest BCUT2D eigenvalue weighted by molar-refractivity contribution is -0.136. The molecule has 166 valence electrons. The van der Waals surface area contributed by atoms with Crippen LogP contribution in [0.5, 0.6) is 0 Å². The number of fused-ring (bicyclic) bond motifs is 1. The summed E-state index contributed by atoms with van der Waals surface area (Å²) in [5.74, 6) is 0.630. The van der Waals surface area contributed by atoms with Crippen molar-refractivity contribution in [3.63, 3.8) is 0 Å². The number of halogens is 2. The van der Waals surface area contributed by atoms with Crippen molar-refractivity contribution in [1.82, 2.24) is 14.9 Å². The number of rotatable bonds is 5. The van der Waals surface area contributed by atoms with Crippen molar-refractivity contribution in [2.45, 2.75) is 45.1 Å². The van der Waals surface area contributed by atoms with Gasteiger partial charge in [0, 0.05) is 43.5 Å². The number of aromatic nitrogens is 2. The molecule has 2 aliphatic rings. The first-order valence-electron chi connectivity index (χ1n) is 10.9. The van der Waals surface area contributed by atoms with Gasteiger partial charge in [-0.3, -0.25) is 4.79 Å². The maximum Gasteiger partial charge on any atom is 0.227 e. The predicted molar refractivity (Wildman–Crippen MR) is 120 cm³/mol. The lowest BCUT2D eigenvalue weighted by Crippen LogP contribution is -2.56. The van der Waals surface area contributed by atoms with Crippen LogP contribution in [0.25, 0.3) is 0 Å². The molecule has 1 aromatic heterocycles. The molecule has 1 fully saturated rings. The van der Waals surface area contributed by atoms with Crippen molar-refractivity contribution < 1.29 is 9.18 Å². The number of carbonyl (C=O) groups is 1. The van der Waals surface area contributed by atoms with Gasteiger partial charge in [0.2, 0.25) is 5.91 Å². The first-order chi connectivity index (χ1) is 14.9. The molecule has 1 aliphatic carbocycles. The molecule has 0 saturated carbocycles. The van der Waals surface area contributed by atoms with Crippen LogP contribution in [0.4, 0.5) is 10.2 Å². The molecular weight excluding hydrogens is 417 g/mol. The van der Waals surface area contributed by atoms with Crippen LogP contribution in [0.2, 0.25) is 5.02 Å². The number of amides is 1. The smallest absolute Gasteiger partial charge is 0.227 e. The molecule has 3 atom stereocenters. The number of hydrogen-bond donors (Lipinski definition) is 1. The van der Waals surface area contributed by atoms with E-state index in [0.717, 1.165) is 36.5 Å². The first kappa shape index (κ1) is 22.0. The average molecular weight is 446 g/mol. The molecule has 1 amide bonds. The first-order valence-corrected chi connectivity index (χ1v) is 11.3. The summed E-state index contributed by atoms with van der Waals surface area (Å²) in [6, 6.07) is 4.79. The lowest BCUT2D eigenvalue weighted by atomic mass is 9.97. The third-order valence-electron chi connectivity index (χ3n) is 6.56. The van der Waals surface area contributed by atoms with Crippen molar-refractivity contribution in [1.29, 1.82) is 0 Å². The van der Waals surface area contributed by atoms with Crippen LogP contribution < -0.4 is 10.6 Å². The van der Waals surface area contributed by atoms with Crippen molar-refractivity contribution in [2.24, 2.45) is 11.7 Å². The van der Waals surface area contributed by atoms with E-state index in [-0.39, 0.29) is 29.4 Å². The minimum absolute atomic E-state index is 0.0191. The second kappa shape index (κ2) is 9.09. The summed E-state index contributed by atoms with van der Waals surface area (Å²) >= 11 is 5.77. The molecule has 0 bridgehead atoms. The van der Waals surface area contributed by atoms with Gasteiger partial charge in [-0.05, 0) is 49.8 Å². The molecule has 2 N–H and O–H groups in total. The summed E-state index contributed by atoms with van der Waals surface area (Å²) in [6.45, 7) is 6.51. The molecular formula is C23H29ClFN5O. The van der Waals surface area contributed by atoms with Crippen LogP contribution in [-0.2, 0) is 17.6 Å².